The maximum Gasteiger partial charge on any atom is 0.303 e. The molecule has 2 fully saturated rings. The zero-order chi connectivity index (χ0) is 19.7. The highest BCUT2D eigenvalue weighted by Gasteiger charge is 2.50. The first-order valence-electron chi connectivity index (χ1n) is 8.90. The minimum absolute atomic E-state index is 0.275. The van der Waals surface area contributed by atoms with Crippen LogP contribution < -0.4 is 9.64 Å². The molecule has 28 heavy (non-hydrogen) atoms. The molecule has 2 aliphatic rings. The van der Waals surface area contributed by atoms with Crippen LogP contribution >= 0.6 is 0 Å². The fraction of sp³-hybridized carbons (Fsp3) is 0.421. The molecular formula is C19H20FN3O5. The molecule has 2 aromatic rings. The van der Waals surface area contributed by atoms with Crippen LogP contribution in [0.1, 0.15) is 6.92 Å². The van der Waals surface area contributed by atoms with Gasteiger partial charge < -0.3 is 23.8 Å². The molecule has 0 amide bonds. The molecule has 0 bridgehead atoms. The van der Waals surface area contributed by atoms with Gasteiger partial charge in [-0.15, -0.1) is 0 Å². The van der Waals surface area contributed by atoms with Gasteiger partial charge in [-0.25, -0.2) is 9.37 Å². The van der Waals surface area contributed by atoms with Crippen molar-refractivity contribution in [2.75, 3.05) is 25.2 Å². The average Bonchev–Trinajstić information content (AvgIpc) is 3.25. The van der Waals surface area contributed by atoms with E-state index < -0.39 is 6.10 Å². The van der Waals surface area contributed by atoms with Gasteiger partial charge in [-0.1, -0.05) is 0 Å². The number of anilines is 2. The van der Waals surface area contributed by atoms with Crippen molar-refractivity contribution in [3.05, 3.63) is 42.3 Å². The van der Waals surface area contributed by atoms with Crippen molar-refractivity contribution in [3.8, 4) is 5.88 Å². The lowest BCUT2D eigenvalue weighted by Gasteiger charge is -2.20. The third-order valence-corrected chi connectivity index (χ3v) is 4.68. The summed E-state index contributed by atoms with van der Waals surface area (Å²) in [5.41, 5.74) is 0.742. The van der Waals surface area contributed by atoms with Gasteiger partial charge in [0.2, 0.25) is 11.8 Å². The van der Waals surface area contributed by atoms with E-state index >= 15 is 0 Å². The number of esters is 1. The number of carbonyl (C=O) groups excluding carboxylic acids is 1. The second-order valence-electron chi connectivity index (χ2n) is 6.63. The van der Waals surface area contributed by atoms with Crippen molar-refractivity contribution < 1.29 is 28.1 Å². The van der Waals surface area contributed by atoms with E-state index in [2.05, 4.69) is 9.97 Å². The third-order valence-electron chi connectivity index (χ3n) is 4.68. The predicted octanol–water partition coefficient (Wildman–Crippen LogP) is 1.86. The highest BCUT2D eigenvalue weighted by molar-refractivity contribution is 5.66. The summed E-state index contributed by atoms with van der Waals surface area (Å²) in [6, 6.07) is 7.68. The highest BCUT2D eigenvalue weighted by atomic mass is 19.1. The lowest BCUT2D eigenvalue weighted by atomic mass is 10.1. The number of hydrogen-bond donors (Lipinski definition) is 0. The minimum Gasteiger partial charge on any atom is -0.469 e. The van der Waals surface area contributed by atoms with Crippen LogP contribution in [0.2, 0.25) is 0 Å². The van der Waals surface area contributed by atoms with Gasteiger partial charge in [0.25, 0.3) is 0 Å². The molecule has 3 heterocycles. The fourth-order valence-electron chi connectivity index (χ4n) is 3.34. The Bertz CT molecular complexity index is 850. The predicted molar refractivity (Wildman–Crippen MR) is 95.9 cm³/mol. The molecule has 0 radical (unpaired) electrons. The number of benzene rings is 1. The van der Waals surface area contributed by atoms with Crippen molar-refractivity contribution in [2.45, 2.75) is 31.3 Å². The van der Waals surface area contributed by atoms with E-state index in [9.17, 15) is 9.18 Å². The van der Waals surface area contributed by atoms with Crippen molar-refractivity contribution in [2.24, 2.45) is 0 Å². The number of ether oxygens (including phenoxy) is 4. The average molecular weight is 389 g/mol. The van der Waals surface area contributed by atoms with E-state index in [-0.39, 0.29) is 36.7 Å². The van der Waals surface area contributed by atoms with E-state index in [1.165, 1.54) is 19.1 Å². The second kappa shape index (κ2) is 7.69. The van der Waals surface area contributed by atoms with Crippen molar-refractivity contribution in [3.63, 3.8) is 0 Å². The molecule has 1 aromatic heterocycles. The molecule has 0 saturated carbocycles. The maximum absolute atomic E-state index is 13.1. The second-order valence-corrected chi connectivity index (χ2v) is 6.63. The Morgan fingerprint density at radius 3 is 2.54 bits per heavy atom. The molecule has 8 nitrogen and oxygen atoms in total. The first-order chi connectivity index (χ1) is 13.5. The molecule has 0 aliphatic carbocycles. The molecule has 0 N–H and O–H groups in total. The summed E-state index contributed by atoms with van der Waals surface area (Å²) in [6.45, 7) is 1.94. The summed E-state index contributed by atoms with van der Waals surface area (Å²) < 4.78 is 35.7. The Hall–Kier alpha value is -2.78. The topological polar surface area (TPSA) is 83.0 Å². The molecule has 4 rings (SSSR count). The number of rotatable bonds is 5. The van der Waals surface area contributed by atoms with E-state index in [4.69, 9.17) is 18.9 Å². The van der Waals surface area contributed by atoms with Crippen LogP contribution in [-0.2, 0) is 19.0 Å². The van der Waals surface area contributed by atoms with Crippen LogP contribution in [0.5, 0.6) is 5.88 Å². The summed E-state index contributed by atoms with van der Waals surface area (Å²) in [4.78, 5) is 21.6. The lowest BCUT2D eigenvalue weighted by Crippen LogP contribution is -2.36. The normalized spacial score (nSPS) is 26.0. The number of carbonyl (C=O) groups is 1. The van der Waals surface area contributed by atoms with Crippen molar-refractivity contribution in [1.29, 1.82) is 0 Å². The molecular weight excluding hydrogens is 369 g/mol. The summed E-state index contributed by atoms with van der Waals surface area (Å²) in [7, 11) is 1.78. The van der Waals surface area contributed by atoms with Crippen LogP contribution in [-0.4, -0.2) is 60.6 Å². The Morgan fingerprint density at radius 1 is 1.14 bits per heavy atom. The molecule has 148 valence electrons. The van der Waals surface area contributed by atoms with Crippen molar-refractivity contribution >= 4 is 17.6 Å². The monoisotopic (exact) mass is 389 g/mol. The molecule has 0 unspecified atom stereocenters. The molecule has 2 aliphatic heterocycles. The smallest absolute Gasteiger partial charge is 0.303 e. The highest BCUT2D eigenvalue weighted by Crippen LogP contribution is 2.31. The van der Waals surface area contributed by atoms with Crippen LogP contribution in [0.25, 0.3) is 0 Å². The van der Waals surface area contributed by atoms with Crippen LogP contribution in [0, 0.1) is 5.82 Å². The number of aromatic nitrogens is 2. The van der Waals surface area contributed by atoms with Crippen LogP contribution in [0.15, 0.2) is 36.5 Å². The zero-order valence-corrected chi connectivity index (χ0v) is 15.4. The Labute approximate surface area is 161 Å². The first kappa shape index (κ1) is 18.6. The van der Waals surface area contributed by atoms with Gasteiger partial charge in [0.15, 0.2) is 12.2 Å². The van der Waals surface area contributed by atoms with E-state index in [1.807, 2.05) is 0 Å². The van der Waals surface area contributed by atoms with Gasteiger partial charge in [0.05, 0.1) is 13.2 Å². The summed E-state index contributed by atoms with van der Waals surface area (Å²) in [5, 5.41) is 0. The van der Waals surface area contributed by atoms with Crippen LogP contribution in [0.4, 0.5) is 16.0 Å². The van der Waals surface area contributed by atoms with Gasteiger partial charge in [-0.2, -0.15) is 4.98 Å². The molecule has 4 atom stereocenters. The number of halogens is 1. The number of nitrogens with zero attached hydrogens (tertiary/aromatic N) is 3. The fourth-order valence-corrected chi connectivity index (χ4v) is 3.34. The standard InChI is InChI=1S/C19H20FN3O5/c1-11(24)27-14-9-25-18-15(10-26-17(14)18)28-16-7-8-21-19(22-16)23(2)13-5-3-12(20)4-6-13/h3-8,14-15,17-18H,9-10H2,1-2H3/t14-,15-,17+,18+/m0/s1. The molecule has 2 saturated heterocycles. The van der Waals surface area contributed by atoms with Gasteiger partial charge in [0.1, 0.15) is 18.0 Å². The van der Waals surface area contributed by atoms with Crippen molar-refractivity contribution in [1.82, 2.24) is 9.97 Å². The first-order valence-corrected chi connectivity index (χ1v) is 8.90. The maximum atomic E-state index is 13.1. The number of hydrogen-bond acceptors (Lipinski definition) is 8. The van der Waals surface area contributed by atoms with E-state index in [0.29, 0.717) is 18.4 Å². The van der Waals surface area contributed by atoms with E-state index in [0.717, 1.165) is 5.69 Å². The van der Waals surface area contributed by atoms with E-state index in [1.54, 1.807) is 36.3 Å². The van der Waals surface area contributed by atoms with Gasteiger partial charge in [-0.3, -0.25) is 4.79 Å². The zero-order valence-electron chi connectivity index (χ0n) is 15.4. The summed E-state index contributed by atoms with van der Waals surface area (Å²) in [6.07, 6.45) is 0.100. The van der Waals surface area contributed by atoms with Gasteiger partial charge >= 0.3 is 5.97 Å². The Kier molecular flexibility index (Phi) is 5.10. The minimum atomic E-state index is -0.429. The third kappa shape index (κ3) is 3.76. The number of fused-ring (bicyclic) bond motifs is 1. The van der Waals surface area contributed by atoms with Gasteiger partial charge in [-0.05, 0) is 24.3 Å². The largest absolute Gasteiger partial charge is 0.469 e. The van der Waals surface area contributed by atoms with Gasteiger partial charge in [0, 0.05) is 31.9 Å². The summed E-state index contributed by atoms with van der Waals surface area (Å²) >= 11 is 0. The SMILES string of the molecule is CC(=O)O[C@H]1CO[C@H]2[C@@H]1OC[C@@H]2Oc1ccnc(N(C)c2ccc(F)cc2)n1. The van der Waals surface area contributed by atoms with Crippen LogP contribution in [0.3, 0.4) is 0 Å². The lowest BCUT2D eigenvalue weighted by molar-refractivity contribution is -0.150. The quantitative estimate of drug-likeness (QED) is 0.717. The molecule has 9 heteroatoms. The Balaban J connectivity index is 1.44. The molecule has 1 aromatic carbocycles. The summed E-state index contributed by atoms with van der Waals surface area (Å²) in [5.74, 6) is 0.0958. The molecule has 0 spiro atoms. The Morgan fingerprint density at radius 2 is 1.82 bits per heavy atom.